The number of benzene rings is 3. The molecule has 0 aliphatic heterocycles. The van der Waals surface area contributed by atoms with Crippen LogP contribution < -0.4 is 16.2 Å². The Hall–Kier alpha value is -5.45. The fraction of sp³-hybridized carbons (Fsp3) is 0.327. The summed E-state index contributed by atoms with van der Waals surface area (Å²) in [4.78, 5) is 5.16. The van der Waals surface area contributed by atoms with Gasteiger partial charge < -0.3 is 16.2 Å². The molecule has 59 heavy (non-hydrogen) atoms. The first-order valence-corrected chi connectivity index (χ1v) is 22.0. The van der Waals surface area contributed by atoms with Gasteiger partial charge >= 0.3 is 0 Å². The number of nitrogen functional groups attached to an aromatic ring is 1. The highest BCUT2D eigenvalue weighted by atomic mass is 16.5. The third-order valence-corrected chi connectivity index (χ3v) is 12.4. The van der Waals surface area contributed by atoms with Gasteiger partial charge in [-0.25, -0.2) is 0 Å². The minimum absolute atomic E-state index is 0.00899. The monoisotopic (exact) mass is 781 g/mol. The zero-order chi connectivity index (χ0) is 41.0. The Balaban J connectivity index is 1.20. The maximum absolute atomic E-state index is 7.00. The van der Waals surface area contributed by atoms with Crippen molar-refractivity contribution in [1.29, 1.82) is 0 Å². The van der Waals surface area contributed by atoms with Crippen molar-refractivity contribution in [3.8, 4) is 5.75 Å². The van der Waals surface area contributed by atoms with Gasteiger partial charge in [0.25, 0.3) is 0 Å². The van der Waals surface area contributed by atoms with E-state index in [1.54, 1.807) is 0 Å². The highest BCUT2D eigenvalue weighted by Gasteiger charge is 2.30. The van der Waals surface area contributed by atoms with Gasteiger partial charge in [-0.2, -0.15) is 0 Å². The first kappa shape index (κ1) is 41.7. The average Bonchev–Trinajstić information content (AvgIpc) is 3.80. The quantitative estimate of drug-likeness (QED) is 0.0863. The Morgan fingerprint density at radius 1 is 0.949 bits per heavy atom. The summed E-state index contributed by atoms with van der Waals surface area (Å²) < 4.78 is 6.69. The second-order valence-electron chi connectivity index (χ2n) is 16.7. The van der Waals surface area contributed by atoms with Crippen LogP contribution in [0.3, 0.4) is 0 Å². The van der Waals surface area contributed by atoms with Gasteiger partial charge in [0.2, 0.25) is 0 Å². The van der Waals surface area contributed by atoms with Gasteiger partial charge in [0.1, 0.15) is 18.0 Å². The Kier molecular flexibility index (Phi) is 14.5. The van der Waals surface area contributed by atoms with Crippen LogP contribution >= 0.6 is 0 Å². The lowest BCUT2D eigenvalue weighted by Gasteiger charge is -2.33. The van der Waals surface area contributed by atoms with Gasteiger partial charge in [0, 0.05) is 17.8 Å². The number of rotatable bonds is 16. The van der Waals surface area contributed by atoms with Crippen LogP contribution in [-0.4, -0.2) is 18.0 Å². The van der Waals surface area contributed by atoms with Crippen molar-refractivity contribution in [2.45, 2.75) is 96.7 Å². The van der Waals surface area contributed by atoms with Crippen molar-refractivity contribution in [3.05, 3.63) is 196 Å². The summed E-state index contributed by atoms with van der Waals surface area (Å²) in [6.45, 7) is 6.76. The second kappa shape index (κ2) is 20.5. The van der Waals surface area contributed by atoms with Crippen LogP contribution in [0.2, 0.25) is 0 Å². The Labute approximate surface area is 354 Å². The molecule has 4 aliphatic rings. The summed E-state index contributed by atoms with van der Waals surface area (Å²) in [6, 6.07) is 27.3. The standard InChI is InChI=1S/C55H63N3O/c1-4-5-18-39(2)54(48-32-33-51(56)53(38-48)59-40(3)43-23-11-7-12-24-43)50-37-46(30-31-47(50)35-42-21-15-16-22-42)45-27-17-28-49(36-45)55(57)58-52(44-25-13-8-14-26-44)34-29-41-19-9-6-10-20-41/h6-15,18-21,23,25-26,28-34,36,38,40,42-43,46,54-55H,4-5,16-17,22,24,27,35,37,56-57H2,1-3H3/b34-29+,39-18+,58-52+/t40?,42-,43?,46?,54?,55?/m0/s1. The molecule has 0 saturated carbocycles. The predicted octanol–water partition coefficient (Wildman–Crippen LogP) is 13.4. The molecule has 6 atom stereocenters. The minimum Gasteiger partial charge on any atom is -0.488 e. The maximum atomic E-state index is 7.00. The summed E-state index contributed by atoms with van der Waals surface area (Å²) in [7, 11) is 0. The predicted molar refractivity (Wildman–Crippen MR) is 251 cm³/mol. The van der Waals surface area contributed by atoms with Crippen LogP contribution in [0.25, 0.3) is 6.08 Å². The van der Waals surface area contributed by atoms with Gasteiger partial charge in [0.15, 0.2) is 0 Å². The maximum Gasteiger partial charge on any atom is 0.142 e. The van der Waals surface area contributed by atoms with Crippen LogP contribution in [0.1, 0.15) is 101 Å². The van der Waals surface area contributed by atoms with Crippen LogP contribution in [0.4, 0.5) is 5.69 Å². The topological polar surface area (TPSA) is 73.6 Å². The molecular formula is C55H63N3O. The minimum atomic E-state index is -0.476. The zero-order valence-corrected chi connectivity index (χ0v) is 35.3. The molecule has 0 spiro atoms. The molecule has 304 valence electrons. The van der Waals surface area contributed by atoms with E-state index in [-0.39, 0.29) is 17.9 Å². The van der Waals surface area contributed by atoms with E-state index >= 15 is 0 Å². The van der Waals surface area contributed by atoms with Crippen molar-refractivity contribution in [2.24, 2.45) is 28.5 Å². The molecule has 4 heteroatoms. The molecule has 3 aromatic carbocycles. The van der Waals surface area contributed by atoms with E-state index in [1.165, 1.54) is 40.7 Å². The molecule has 0 fully saturated rings. The number of hydrogen-bond acceptors (Lipinski definition) is 4. The lowest BCUT2D eigenvalue weighted by atomic mass is 9.72. The molecule has 5 unspecified atom stereocenters. The highest BCUT2D eigenvalue weighted by molar-refractivity contribution is 6.10. The molecule has 0 amide bonds. The number of aliphatic imine (C=N–C) groups is 1. The Morgan fingerprint density at radius 3 is 2.51 bits per heavy atom. The fourth-order valence-corrected chi connectivity index (χ4v) is 9.01. The number of unbranched alkanes of at least 4 members (excludes halogenated alkanes) is 1. The number of hydrogen-bond donors (Lipinski definition) is 2. The zero-order valence-electron chi connectivity index (χ0n) is 35.3. The van der Waals surface area contributed by atoms with Crippen molar-refractivity contribution in [2.75, 3.05) is 5.73 Å². The first-order chi connectivity index (χ1) is 28.9. The van der Waals surface area contributed by atoms with E-state index in [4.69, 9.17) is 21.2 Å². The number of allylic oxidation sites excluding steroid dienone is 14. The summed E-state index contributed by atoms with van der Waals surface area (Å²) in [5.41, 5.74) is 25.6. The van der Waals surface area contributed by atoms with Gasteiger partial charge in [-0.1, -0.05) is 170 Å². The van der Waals surface area contributed by atoms with Crippen molar-refractivity contribution < 1.29 is 4.74 Å². The van der Waals surface area contributed by atoms with Crippen LogP contribution in [0.15, 0.2) is 185 Å². The molecule has 4 aliphatic carbocycles. The number of nitrogens with zero attached hydrogens (tertiary/aromatic N) is 1. The first-order valence-electron chi connectivity index (χ1n) is 22.0. The van der Waals surface area contributed by atoms with Crippen LogP contribution in [0.5, 0.6) is 5.75 Å². The van der Waals surface area contributed by atoms with E-state index in [0.717, 1.165) is 73.1 Å². The van der Waals surface area contributed by atoms with E-state index in [0.29, 0.717) is 17.5 Å². The molecule has 4 N–H and O–H groups in total. The van der Waals surface area contributed by atoms with Crippen molar-refractivity contribution in [1.82, 2.24) is 0 Å². The number of ether oxygens (including phenoxy) is 1. The molecular weight excluding hydrogens is 719 g/mol. The van der Waals surface area contributed by atoms with Gasteiger partial charge in [0.05, 0.1) is 11.4 Å². The van der Waals surface area contributed by atoms with Gasteiger partial charge in [-0.05, 0) is 117 Å². The SMILES string of the molecule is CCC/C=C(\C)C(C1=C(C[C@H]2C=CCC2)C=CC(C2=CC(C(N)/N=C(\C=C\c3ccccc3)c3ccccc3)=CCC2)C1)c1ccc(N)c(OC(C)C2C=CC=CC2)c1. The largest absolute Gasteiger partial charge is 0.488 e. The molecule has 0 bridgehead atoms. The highest BCUT2D eigenvalue weighted by Crippen LogP contribution is 2.46. The Morgan fingerprint density at radius 2 is 1.76 bits per heavy atom. The lowest BCUT2D eigenvalue weighted by Crippen LogP contribution is -2.24. The van der Waals surface area contributed by atoms with E-state index in [9.17, 15) is 0 Å². The molecule has 4 nitrogen and oxygen atoms in total. The lowest BCUT2D eigenvalue weighted by molar-refractivity contribution is 0.176. The molecule has 0 aromatic heterocycles. The van der Waals surface area contributed by atoms with Gasteiger partial charge in [-0.3, -0.25) is 4.99 Å². The van der Waals surface area contributed by atoms with Crippen molar-refractivity contribution >= 4 is 17.5 Å². The summed E-state index contributed by atoms with van der Waals surface area (Å²) >= 11 is 0. The molecule has 3 aromatic rings. The fourth-order valence-electron chi connectivity index (χ4n) is 9.01. The molecule has 7 rings (SSSR count). The molecule has 0 heterocycles. The molecule has 0 radical (unpaired) electrons. The Bertz CT molecular complexity index is 2210. The second-order valence-corrected chi connectivity index (χ2v) is 16.7. The molecule has 0 saturated heterocycles. The van der Waals surface area contributed by atoms with Crippen LogP contribution in [-0.2, 0) is 0 Å². The van der Waals surface area contributed by atoms with Crippen molar-refractivity contribution in [3.63, 3.8) is 0 Å². The summed E-state index contributed by atoms with van der Waals surface area (Å²) in [6.07, 6.45) is 38.8. The normalized spacial score (nSPS) is 22.4. The van der Waals surface area contributed by atoms with Gasteiger partial charge in [-0.15, -0.1) is 0 Å². The summed E-state index contributed by atoms with van der Waals surface area (Å²) in [5.74, 6) is 2.07. The average molecular weight is 782 g/mol. The smallest absolute Gasteiger partial charge is 0.142 e. The van der Waals surface area contributed by atoms with E-state index < -0.39 is 6.17 Å². The third kappa shape index (κ3) is 11.0. The number of anilines is 1. The van der Waals surface area contributed by atoms with E-state index in [2.05, 4.69) is 166 Å². The summed E-state index contributed by atoms with van der Waals surface area (Å²) in [5, 5.41) is 0. The van der Waals surface area contributed by atoms with E-state index in [1.807, 2.05) is 12.1 Å². The third-order valence-electron chi connectivity index (χ3n) is 12.4. The number of nitrogens with two attached hydrogens (primary N) is 2. The van der Waals surface area contributed by atoms with Crippen LogP contribution in [0, 0.1) is 17.8 Å².